The topological polar surface area (TPSA) is 29.1 Å². The van der Waals surface area contributed by atoms with Gasteiger partial charge in [-0.1, -0.05) is 12.1 Å². The number of carbonyl (C=O) groups is 1. The van der Waals surface area contributed by atoms with E-state index in [1.54, 1.807) is 0 Å². The van der Waals surface area contributed by atoms with Gasteiger partial charge in [-0.05, 0) is 6.07 Å². The van der Waals surface area contributed by atoms with Crippen LogP contribution in [0.3, 0.4) is 0 Å². The molecule has 57 valence electrons. The van der Waals surface area contributed by atoms with Gasteiger partial charge in [0.15, 0.2) is 0 Å². The molecule has 0 atom stereocenters. The first kappa shape index (κ1) is 7.72. The number of hydrogen-bond donors (Lipinski definition) is 1. The summed E-state index contributed by atoms with van der Waals surface area (Å²) in [5.41, 5.74) is 0.0972. The highest BCUT2D eigenvalue weighted by Crippen LogP contribution is 2.10. The highest BCUT2D eigenvalue weighted by Gasteiger charge is 2.00. The van der Waals surface area contributed by atoms with Crippen molar-refractivity contribution in [1.29, 1.82) is 0 Å². The highest BCUT2D eigenvalue weighted by atomic mass is 19.1. The van der Waals surface area contributed by atoms with Gasteiger partial charge in [0.05, 0.1) is 5.69 Å². The second kappa shape index (κ2) is 3.14. The van der Waals surface area contributed by atoms with Gasteiger partial charge in [-0.15, -0.1) is 0 Å². The third-order valence-corrected chi connectivity index (χ3v) is 1.11. The van der Waals surface area contributed by atoms with Crippen LogP contribution in [0.15, 0.2) is 18.2 Å². The molecule has 0 aliphatic heterocycles. The lowest BCUT2D eigenvalue weighted by atomic mass is 10.3. The third kappa shape index (κ3) is 2.04. The number of para-hydroxylation sites is 1. The van der Waals surface area contributed by atoms with Crippen LogP contribution in [0.2, 0.25) is 0 Å². The van der Waals surface area contributed by atoms with Crippen LogP contribution in [0.5, 0.6) is 0 Å². The lowest BCUT2D eigenvalue weighted by Crippen LogP contribution is -2.07. The summed E-state index contributed by atoms with van der Waals surface area (Å²) in [6, 6.07) is 6.88. The van der Waals surface area contributed by atoms with E-state index in [4.69, 9.17) is 0 Å². The van der Waals surface area contributed by atoms with E-state index >= 15 is 0 Å². The van der Waals surface area contributed by atoms with Gasteiger partial charge in [-0.3, -0.25) is 4.79 Å². The minimum Gasteiger partial charge on any atom is -0.323 e. The van der Waals surface area contributed by atoms with Crippen molar-refractivity contribution in [1.82, 2.24) is 0 Å². The minimum atomic E-state index is -0.470. The Bertz CT molecular complexity index is 273. The molecule has 0 heterocycles. The maximum atomic E-state index is 12.7. The summed E-state index contributed by atoms with van der Waals surface area (Å²) in [6.45, 7) is 1.32. The fourth-order valence-electron chi connectivity index (χ4n) is 0.688. The molecule has 0 aliphatic rings. The van der Waals surface area contributed by atoms with Gasteiger partial charge in [-0.2, -0.15) is 0 Å². The van der Waals surface area contributed by atoms with Crippen LogP contribution in [0.1, 0.15) is 6.92 Å². The molecule has 1 aromatic rings. The monoisotopic (exact) mass is 152 g/mol. The maximum absolute atomic E-state index is 12.7. The first-order valence-electron chi connectivity index (χ1n) is 3.14. The molecule has 2 nitrogen and oxygen atoms in total. The number of nitrogens with one attached hydrogen (secondary N) is 1. The summed E-state index contributed by atoms with van der Waals surface area (Å²) < 4.78 is 12.7. The summed E-state index contributed by atoms with van der Waals surface area (Å²) in [7, 11) is 0. The Morgan fingerprint density at radius 1 is 1.73 bits per heavy atom. The van der Waals surface area contributed by atoms with E-state index in [0.717, 1.165) is 0 Å². The van der Waals surface area contributed by atoms with Crippen LogP contribution >= 0.6 is 0 Å². The Labute approximate surface area is 64.0 Å². The van der Waals surface area contributed by atoms with E-state index in [0.29, 0.717) is 0 Å². The summed E-state index contributed by atoms with van der Waals surface area (Å²) in [5, 5.41) is 2.30. The number of rotatable bonds is 1. The van der Waals surface area contributed by atoms with E-state index < -0.39 is 5.82 Å². The molecular formula is C8H7FNO. The molecular weight excluding hydrogens is 145 g/mol. The van der Waals surface area contributed by atoms with Crippen molar-refractivity contribution in [3.05, 3.63) is 30.1 Å². The zero-order valence-corrected chi connectivity index (χ0v) is 6.02. The van der Waals surface area contributed by atoms with Crippen molar-refractivity contribution in [2.24, 2.45) is 0 Å². The van der Waals surface area contributed by atoms with Crippen molar-refractivity contribution in [2.75, 3.05) is 5.32 Å². The van der Waals surface area contributed by atoms with Crippen molar-refractivity contribution < 1.29 is 9.18 Å². The molecule has 0 aliphatic carbocycles. The Kier molecular flexibility index (Phi) is 2.21. The summed E-state index contributed by atoms with van der Waals surface area (Å²) in [5.74, 6) is -0.769. The molecule has 0 fully saturated rings. The summed E-state index contributed by atoms with van der Waals surface area (Å²) >= 11 is 0. The van der Waals surface area contributed by atoms with Crippen molar-refractivity contribution >= 4 is 11.6 Å². The largest absolute Gasteiger partial charge is 0.323 e. The van der Waals surface area contributed by atoms with Gasteiger partial charge in [0, 0.05) is 13.0 Å². The van der Waals surface area contributed by atoms with E-state index in [-0.39, 0.29) is 11.6 Å². The Morgan fingerprint density at radius 2 is 2.45 bits per heavy atom. The van der Waals surface area contributed by atoms with Gasteiger partial charge >= 0.3 is 0 Å². The Morgan fingerprint density at radius 3 is 3.00 bits per heavy atom. The molecule has 0 bridgehead atoms. The number of anilines is 1. The molecule has 1 rings (SSSR count). The molecule has 0 spiro atoms. The number of benzene rings is 1. The number of amides is 1. The summed E-state index contributed by atoms with van der Waals surface area (Å²) in [4.78, 5) is 10.5. The smallest absolute Gasteiger partial charge is 0.221 e. The van der Waals surface area contributed by atoms with Crippen molar-refractivity contribution in [3.8, 4) is 0 Å². The normalized spacial score (nSPS) is 9.27. The Hall–Kier alpha value is -1.38. The van der Waals surface area contributed by atoms with Crippen LogP contribution < -0.4 is 5.32 Å². The van der Waals surface area contributed by atoms with E-state index in [1.807, 2.05) is 0 Å². The first-order valence-corrected chi connectivity index (χ1v) is 3.14. The van der Waals surface area contributed by atoms with Gasteiger partial charge in [0.25, 0.3) is 0 Å². The third-order valence-electron chi connectivity index (χ3n) is 1.11. The fourth-order valence-corrected chi connectivity index (χ4v) is 0.688. The predicted octanol–water partition coefficient (Wildman–Crippen LogP) is 1.58. The van der Waals surface area contributed by atoms with Crippen LogP contribution in [0, 0.1) is 11.9 Å². The van der Waals surface area contributed by atoms with Gasteiger partial charge in [0.2, 0.25) is 5.91 Å². The molecule has 0 aromatic heterocycles. The molecule has 0 saturated carbocycles. The molecule has 1 amide bonds. The SMILES string of the molecule is CC(=O)Nc1[c]cccc1F. The van der Waals surface area contributed by atoms with E-state index in [2.05, 4.69) is 11.4 Å². The van der Waals surface area contributed by atoms with Crippen molar-refractivity contribution in [2.45, 2.75) is 6.92 Å². The van der Waals surface area contributed by atoms with Gasteiger partial charge < -0.3 is 5.32 Å². The van der Waals surface area contributed by atoms with Crippen LogP contribution in [0.4, 0.5) is 10.1 Å². The lowest BCUT2D eigenvalue weighted by Gasteiger charge is -2.00. The lowest BCUT2D eigenvalue weighted by molar-refractivity contribution is -0.114. The standard InChI is InChI=1S/C8H7FNO/c1-6(11)10-8-5-3-2-4-7(8)9/h2-4H,1H3,(H,10,11). The maximum Gasteiger partial charge on any atom is 0.221 e. The molecule has 3 heteroatoms. The highest BCUT2D eigenvalue weighted by molar-refractivity contribution is 5.88. The molecule has 1 N–H and O–H groups in total. The quantitative estimate of drug-likeness (QED) is 0.650. The van der Waals surface area contributed by atoms with Gasteiger partial charge in [0.1, 0.15) is 5.82 Å². The van der Waals surface area contributed by atoms with Gasteiger partial charge in [-0.25, -0.2) is 4.39 Å². The average Bonchev–Trinajstić information content (AvgIpc) is 1.93. The van der Waals surface area contributed by atoms with E-state index in [1.165, 1.54) is 25.1 Å². The van der Waals surface area contributed by atoms with E-state index in [9.17, 15) is 9.18 Å². The van der Waals surface area contributed by atoms with Crippen LogP contribution in [-0.2, 0) is 4.79 Å². The minimum absolute atomic E-state index is 0.0972. The molecule has 1 radical (unpaired) electrons. The number of carbonyl (C=O) groups excluding carboxylic acids is 1. The predicted molar refractivity (Wildman–Crippen MR) is 39.5 cm³/mol. The summed E-state index contributed by atoms with van der Waals surface area (Å²) in [6.07, 6.45) is 0. The first-order chi connectivity index (χ1) is 5.20. The molecule has 1 aromatic carbocycles. The second-order valence-corrected chi connectivity index (χ2v) is 2.07. The fraction of sp³-hybridized carbons (Fsp3) is 0.125. The second-order valence-electron chi connectivity index (χ2n) is 2.07. The van der Waals surface area contributed by atoms with Crippen LogP contribution in [-0.4, -0.2) is 5.91 Å². The number of halogens is 1. The molecule has 0 saturated heterocycles. The molecule has 11 heavy (non-hydrogen) atoms. The average molecular weight is 152 g/mol. The zero-order chi connectivity index (χ0) is 8.27. The zero-order valence-electron chi connectivity index (χ0n) is 6.02. The molecule has 0 unspecified atom stereocenters. The van der Waals surface area contributed by atoms with Crippen molar-refractivity contribution in [3.63, 3.8) is 0 Å². The van der Waals surface area contributed by atoms with Crippen LogP contribution in [0.25, 0.3) is 0 Å². The Balaban J connectivity index is 2.86. The number of hydrogen-bond acceptors (Lipinski definition) is 1.